The van der Waals surface area contributed by atoms with Gasteiger partial charge in [0.1, 0.15) is 12.4 Å². The largest absolute Gasteiger partial charge is 0.445 e. The molecule has 0 bridgehead atoms. The van der Waals surface area contributed by atoms with Gasteiger partial charge in [-0.1, -0.05) is 51.1 Å². The van der Waals surface area contributed by atoms with Crippen LogP contribution in [0.2, 0.25) is 0 Å². The Labute approximate surface area is 262 Å². The van der Waals surface area contributed by atoms with Crippen molar-refractivity contribution >= 4 is 33.8 Å². The van der Waals surface area contributed by atoms with Crippen LogP contribution in [0.1, 0.15) is 67.6 Å². The molecule has 1 aliphatic heterocycles. The Kier molecular flexibility index (Phi) is 8.72. The van der Waals surface area contributed by atoms with E-state index in [-0.39, 0.29) is 24.2 Å². The summed E-state index contributed by atoms with van der Waals surface area (Å²) in [5.74, 6) is -0.150. The summed E-state index contributed by atoms with van der Waals surface area (Å²) in [6.07, 6.45) is 4.37. The second-order valence-electron chi connectivity index (χ2n) is 12.7. The molecule has 0 aliphatic carbocycles. The molecule has 8 nitrogen and oxygen atoms in total. The number of hydrogen-bond donors (Lipinski definition) is 1. The van der Waals surface area contributed by atoms with Crippen molar-refractivity contribution < 1.29 is 23.5 Å². The molecular weight excluding hydrogens is 571 g/mol. The highest BCUT2D eigenvalue weighted by atomic mass is 19.1. The number of aryl methyl sites for hydroxylation is 1. The molecule has 0 saturated carbocycles. The zero-order valence-electron chi connectivity index (χ0n) is 26.0. The van der Waals surface area contributed by atoms with Crippen LogP contribution >= 0.6 is 0 Å². The third kappa shape index (κ3) is 6.49. The SMILES string of the molecule is CC(C)(C)C(=O)n1ncc2cc3c(cc21)c(CCCNC(=O)OCc1ccccc1)c(C1CCOCC1)n3-c1ccc(F)cc1. The smallest absolute Gasteiger partial charge is 0.407 e. The third-order valence-corrected chi connectivity index (χ3v) is 8.41. The topological polar surface area (TPSA) is 87.4 Å². The molecule has 234 valence electrons. The molecule has 0 atom stereocenters. The third-order valence-electron chi connectivity index (χ3n) is 8.41. The fourth-order valence-corrected chi connectivity index (χ4v) is 6.13. The monoisotopic (exact) mass is 610 g/mol. The average Bonchev–Trinajstić information content (AvgIpc) is 3.60. The van der Waals surface area contributed by atoms with E-state index >= 15 is 0 Å². The van der Waals surface area contributed by atoms with E-state index < -0.39 is 11.5 Å². The fraction of sp³-hybridized carbons (Fsp3) is 0.361. The Morgan fingerprint density at radius 1 is 1.02 bits per heavy atom. The normalized spacial score (nSPS) is 14.2. The summed E-state index contributed by atoms with van der Waals surface area (Å²) in [4.78, 5) is 25.8. The summed E-state index contributed by atoms with van der Waals surface area (Å²) in [5.41, 5.74) is 5.24. The maximum atomic E-state index is 14.1. The lowest BCUT2D eigenvalue weighted by molar-refractivity contribution is 0.0755. The van der Waals surface area contributed by atoms with Crippen LogP contribution in [0.25, 0.3) is 27.5 Å². The van der Waals surface area contributed by atoms with Crippen LogP contribution in [0.3, 0.4) is 0 Å². The molecule has 45 heavy (non-hydrogen) atoms. The summed E-state index contributed by atoms with van der Waals surface area (Å²) < 4.78 is 28.9. The lowest BCUT2D eigenvalue weighted by Crippen LogP contribution is -2.27. The second kappa shape index (κ2) is 12.9. The Morgan fingerprint density at radius 2 is 1.76 bits per heavy atom. The van der Waals surface area contributed by atoms with E-state index in [0.717, 1.165) is 51.5 Å². The van der Waals surface area contributed by atoms with Gasteiger partial charge in [0.2, 0.25) is 0 Å². The molecule has 3 heterocycles. The number of hydrogen-bond acceptors (Lipinski definition) is 5. The van der Waals surface area contributed by atoms with Crippen LogP contribution < -0.4 is 5.32 Å². The number of halogens is 1. The molecule has 0 radical (unpaired) electrons. The van der Waals surface area contributed by atoms with Gasteiger partial charge in [0, 0.05) is 53.2 Å². The number of alkyl carbamates (subject to hydrolysis) is 1. The molecule has 2 aromatic heterocycles. The quantitative estimate of drug-likeness (QED) is 0.183. The zero-order chi connectivity index (χ0) is 31.6. The number of fused-ring (bicyclic) bond motifs is 2. The number of carbonyl (C=O) groups is 2. The zero-order valence-corrected chi connectivity index (χ0v) is 26.0. The van der Waals surface area contributed by atoms with Crippen molar-refractivity contribution in [2.24, 2.45) is 5.41 Å². The Morgan fingerprint density at radius 3 is 2.47 bits per heavy atom. The highest BCUT2D eigenvalue weighted by molar-refractivity contribution is 6.02. The van der Waals surface area contributed by atoms with Gasteiger partial charge in [-0.15, -0.1) is 0 Å². The van der Waals surface area contributed by atoms with E-state index in [2.05, 4.69) is 27.1 Å². The molecular formula is C36H39FN4O4. The van der Waals surface area contributed by atoms with E-state index in [0.29, 0.717) is 32.6 Å². The van der Waals surface area contributed by atoms with Gasteiger partial charge in [-0.2, -0.15) is 9.78 Å². The lowest BCUT2D eigenvalue weighted by Gasteiger charge is -2.26. The van der Waals surface area contributed by atoms with Crippen LogP contribution in [-0.4, -0.2) is 46.1 Å². The van der Waals surface area contributed by atoms with E-state index in [1.54, 1.807) is 6.20 Å². The number of nitrogens with zero attached hydrogens (tertiary/aromatic N) is 3. The number of rotatable bonds is 8. The van der Waals surface area contributed by atoms with Crippen LogP contribution in [0.15, 0.2) is 72.9 Å². The number of amides is 1. The van der Waals surface area contributed by atoms with E-state index in [1.165, 1.54) is 22.5 Å². The van der Waals surface area contributed by atoms with Gasteiger partial charge in [0.25, 0.3) is 5.91 Å². The van der Waals surface area contributed by atoms with Crippen molar-refractivity contribution in [3.8, 4) is 5.69 Å². The number of aromatic nitrogens is 3. The van der Waals surface area contributed by atoms with Crippen molar-refractivity contribution in [1.82, 2.24) is 19.7 Å². The molecule has 6 rings (SSSR count). The van der Waals surface area contributed by atoms with Gasteiger partial charge >= 0.3 is 6.09 Å². The highest BCUT2D eigenvalue weighted by Gasteiger charge is 2.29. The standard InChI is InChI=1S/C36H39FN4O4/c1-36(2,3)34(42)41-31-21-30-29(10-7-17-38-35(43)45-23-24-8-5-4-6-9-24)33(25-15-18-44-19-16-25)40(28-13-11-27(37)12-14-28)32(30)20-26(31)22-39-41/h4-6,8-9,11-14,20-22,25H,7,10,15-19,23H2,1-3H3,(H,38,43). The summed E-state index contributed by atoms with van der Waals surface area (Å²) in [6, 6.07) is 20.3. The van der Waals surface area contributed by atoms with E-state index in [9.17, 15) is 14.0 Å². The first-order chi connectivity index (χ1) is 21.7. The molecule has 3 aromatic carbocycles. The van der Waals surface area contributed by atoms with Crippen molar-refractivity contribution in [2.45, 2.75) is 59.0 Å². The van der Waals surface area contributed by atoms with Crippen molar-refractivity contribution in [1.29, 1.82) is 0 Å². The minimum absolute atomic E-state index is 0.0840. The molecule has 1 fully saturated rings. The molecule has 1 N–H and O–H groups in total. The Balaban J connectivity index is 1.38. The number of ether oxygens (including phenoxy) is 2. The van der Waals surface area contributed by atoms with E-state index in [4.69, 9.17) is 9.47 Å². The lowest BCUT2D eigenvalue weighted by atomic mass is 9.91. The van der Waals surface area contributed by atoms with Crippen LogP contribution in [0, 0.1) is 11.2 Å². The number of benzene rings is 3. The number of nitrogens with one attached hydrogen (secondary N) is 1. The maximum absolute atomic E-state index is 14.1. The second-order valence-corrected chi connectivity index (χ2v) is 12.7. The summed E-state index contributed by atoms with van der Waals surface area (Å²) in [7, 11) is 0. The minimum atomic E-state index is -0.606. The Bertz CT molecular complexity index is 1810. The first-order valence-electron chi connectivity index (χ1n) is 15.6. The molecule has 9 heteroatoms. The first kappa shape index (κ1) is 30.5. The van der Waals surface area contributed by atoms with Gasteiger partial charge in [0.15, 0.2) is 0 Å². The maximum Gasteiger partial charge on any atom is 0.407 e. The van der Waals surface area contributed by atoms with Crippen molar-refractivity contribution in [2.75, 3.05) is 19.8 Å². The van der Waals surface area contributed by atoms with Gasteiger partial charge in [0.05, 0.1) is 17.2 Å². The predicted octanol–water partition coefficient (Wildman–Crippen LogP) is 7.56. The minimum Gasteiger partial charge on any atom is -0.445 e. The first-order valence-corrected chi connectivity index (χ1v) is 15.6. The molecule has 5 aromatic rings. The summed E-state index contributed by atoms with van der Waals surface area (Å²) in [5, 5.41) is 9.25. The molecule has 0 spiro atoms. The summed E-state index contributed by atoms with van der Waals surface area (Å²) in [6.45, 7) is 7.65. The van der Waals surface area contributed by atoms with Gasteiger partial charge in [-0.3, -0.25) is 4.79 Å². The molecule has 1 aliphatic rings. The van der Waals surface area contributed by atoms with Crippen LogP contribution in [-0.2, 0) is 22.5 Å². The van der Waals surface area contributed by atoms with Crippen LogP contribution in [0.4, 0.5) is 9.18 Å². The average molecular weight is 611 g/mol. The van der Waals surface area contributed by atoms with E-state index in [1.807, 2.05) is 63.2 Å². The van der Waals surface area contributed by atoms with Gasteiger partial charge < -0.3 is 19.4 Å². The van der Waals surface area contributed by atoms with Crippen LogP contribution in [0.5, 0.6) is 0 Å². The van der Waals surface area contributed by atoms with Gasteiger partial charge in [-0.25, -0.2) is 9.18 Å². The van der Waals surface area contributed by atoms with Crippen molar-refractivity contribution in [3.63, 3.8) is 0 Å². The molecule has 0 unspecified atom stereocenters. The number of carbonyl (C=O) groups excluding carboxylic acids is 2. The fourth-order valence-electron chi connectivity index (χ4n) is 6.13. The summed E-state index contributed by atoms with van der Waals surface area (Å²) >= 11 is 0. The predicted molar refractivity (Wildman–Crippen MR) is 172 cm³/mol. The molecule has 1 saturated heterocycles. The van der Waals surface area contributed by atoms with Crippen molar-refractivity contribution in [3.05, 3.63) is 95.6 Å². The van der Waals surface area contributed by atoms with Gasteiger partial charge in [-0.05, 0) is 73.2 Å². The molecule has 1 amide bonds. The highest BCUT2D eigenvalue weighted by Crippen LogP contribution is 2.40. The Hall–Kier alpha value is -4.50.